The van der Waals surface area contributed by atoms with Crippen LogP contribution in [0.3, 0.4) is 0 Å². The van der Waals surface area contributed by atoms with E-state index in [2.05, 4.69) is 9.97 Å². The Bertz CT molecular complexity index is 1040. The van der Waals surface area contributed by atoms with Crippen molar-refractivity contribution in [2.45, 2.75) is 24.8 Å². The van der Waals surface area contributed by atoms with E-state index in [4.69, 9.17) is 9.47 Å². The van der Waals surface area contributed by atoms with Gasteiger partial charge in [0.15, 0.2) is 0 Å². The Balaban J connectivity index is 1.35. The molecule has 0 radical (unpaired) electrons. The highest BCUT2D eigenvalue weighted by Crippen LogP contribution is 2.52. The Labute approximate surface area is 180 Å². The summed E-state index contributed by atoms with van der Waals surface area (Å²) in [4.78, 5) is 38.3. The number of carbonyl (C=O) groups is 2. The number of hydrogen-bond donors (Lipinski definition) is 0. The number of ether oxygens (including phenoxy) is 2. The van der Waals surface area contributed by atoms with Gasteiger partial charge < -0.3 is 19.3 Å². The van der Waals surface area contributed by atoms with E-state index in [0.29, 0.717) is 19.6 Å². The fraction of sp³-hybridized carbons (Fsp3) is 0.391. The van der Waals surface area contributed by atoms with Crippen molar-refractivity contribution in [3.63, 3.8) is 0 Å². The lowest BCUT2D eigenvalue weighted by Crippen LogP contribution is -2.44. The van der Waals surface area contributed by atoms with Gasteiger partial charge in [0.25, 0.3) is 0 Å². The summed E-state index contributed by atoms with van der Waals surface area (Å²) in [6.45, 7) is 1.25. The summed E-state index contributed by atoms with van der Waals surface area (Å²) in [5, 5.41) is 0. The highest BCUT2D eigenvalue weighted by Gasteiger charge is 2.67. The van der Waals surface area contributed by atoms with Crippen molar-refractivity contribution in [2.75, 3.05) is 20.7 Å². The Morgan fingerprint density at radius 3 is 3.03 bits per heavy atom. The summed E-state index contributed by atoms with van der Waals surface area (Å²) >= 11 is 0. The van der Waals surface area contributed by atoms with E-state index in [1.54, 1.807) is 36.2 Å². The topological polar surface area (TPSA) is 84.9 Å². The molecule has 1 spiro atoms. The molecule has 1 aromatic carbocycles. The van der Waals surface area contributed by atoms with Crippen LogP contribution in [0.15, 0.2) is 55.0 Å². The van der Waals surface area contributed by atoms with Gasteiger partial charge in [-0.3, -0.25) is 9.59 Å². The zero-order chi connectivity index (χ0) is 21.6. The lowest BCUT2D eigenvalue weighted by Gasteiger charge is -2.27. The second kappa shape index (κ2) is 7.46. The van der Waals surface area contributed by atoms with Crippen LogP contribution in [0.1, 0.15) is 11.3 Å². The number of carbonyl (C=O) groups excluding carboxylic acids is 2. The van der Waals surface area contributed by atoms with Crippen LogP contribution in [0.4, 0.5) is 0 Å². The van der Waals surface area contributed by atoms with Crippen molar-refractivity contribution in [3.8, 4) is 5.75 Å². The summed E-state index contributed by atoms with van der Waals surface area (Å²) in [7, 11) is 3.36. The molecule has 0 N–H and O–H groups in total. The third kappa shape index (κ3) is 3.27. The molecule has 1 aromatic heterocycles. The summed E-state index contributed by atoms with van der Waals surface area (Å²) in [5.41, 5.74) is 1.00. The molecular weight excluding hydrogens is 396 g/mol. The van der Waals surface area contributed by atoms with Crippen LogP contribution in [-0.2, 0) is 27.4 Å². The van der Waals surface area contributed by atoms with Crippen molar-refractivity contribution >= 4 is 11.8 Å². The number of amides is 2. The van der Waals surface area contributed by atoms with Gasteiger partial charge in [-0.1, -0.05) is 24.3 Å². The van der Waals surface area contributed by atoms with Gasteiger partial charge in [-0.05, 0) is 23.8 Å². The van der Waals surface area contributed by atoms with Crippen LogP contribution in [0.25, 0.3) is 0 Å². The maximum Gasteiger partial charge on any atom is 0.230 e. The number of nitrogens with zero attached hydrogens (tertiary/aromatic N) is 4. The lowest BCUT2D eigenvalue weighted by molar-refractivity contribution is -0.142. The number of rotatable bonds is 6. The molecule has 2 fully saturated rings. The van der Waals surface area contributed by atoms with E-state index in [0.717, 1.165) is 17.0 Å². The minimum Gasteiger partial charge on any atom is -0.497 e. The van der Waals surface area contributed by atoms with E-state index >= 15 is 0 Å². The summed E-state index contributed by atoms with van der Waals surface area (Å²) in [5.74, 6) is -0.424. The van der Waals surface area contributed by atoms with Crippen molar-refractivity contribution in [2.24, 2.45) is 11.8 Å². The standard InChI is InChI=1S/C23H24N4O4/c1-26(12-16-7-9-24-14-25-16)21(28)19-18-6-8-23(31-18)13-27(22(29)20(19)23)11-15-4-3-5-17(10-15)30-2/h3-10,14,18-20H,11-13H2,1-2H3/t18-,19+,20-,23-/m0/s1. The van der Waals surface area contributed by atoms with Crippen LogP contribution in [0, 0.1) is 11.8 Å². The van der Waals surface area contributed by atoms with Crippen molar-refractivity contribution in [3.05, 3.63) is 66.3 Å². The predicted octanol–water partition coefficient (Wildman–Crippen LogP) is 1.43. The minimum absolute atomic E-state index is 0.0385. The Kier molecular flexibility index (Phi) is 4.74. The zero-order valence-electron chi connectivity index (χ0n) is 17.5. The SMILES string of the molecule is COc1cccc(CN2C[C@]34C=C[C@H](O3)[C@@H](C(=O)N(C)Cc3ccncn3)[C@H]4C2=O)c1. The molecule has 4 heterocycles. The largest absolute Gasteiger partial charge is 0.497 e. The quantitative estimate of drug-likeness (QED) is 0.658. The summed E-state index contributed by atoms with van der Waals surface area (Å²) in [6.07, 6.45) is 6.65. The summed E-state index contributed by atoms with van der Waals surface area (Å²) < 4.78 is 11.5. The Morgan fingerprint density at radius 1 is 1.39 bits per heavy atom. The van der Waals surface area contributed by atoms with Gasteiger partial charge in [0.05, 0.1) is 43.8 Å². The van der Waals surface area contributed by atoms with Crippen LogP contribution in [-0.4, -0.2) is 64.0 Å². The van der Waals surface area contributed by atoms with Gasteiger partial charge in [0.1, 0.15) is 17.7 Å². The second-order valence-corrected chi connectivity index (χ2v) is 8.34. The highest BCUT2D eigenvalue weighted by molar-refractivity contribution is 5.93. The van der Waals surface area contributed by atoms with E-state index in [9.17, 15) is 9.59 Å². The minimum atomic E-state index is -0.725. The molecule has 0 saturated carbocycles. The lowest BCUT2D eigenvalue weighted by atomic mass is 9.76. The molecule has 2 saturated heterocycles. The van der Waals surface area contributed by atoms with Gasteiger partial charge in [-0.2, -0.15) is 0 Å². The molecule has 2 amide bonds. The number of fused-ring (bicyclic) bond motifs is 1. The molecule has 8 nitrogen and oxygen atoms in total. The molecule has 8 heteroatoms. The fourth-order valence-corrected chi connectivity index (χ4v) is 4.97. The first-order chi connectivity index (χ1) is 15.0. The molecular formula is C23H24N4O4. The zero-order valence-corrected chi connectivity index (χ0v) is 17.5. The second-order valence-electron chi connectivity index (χ2n) is 8.34. The van der Waals surface area contributed by atoms with Gasteiger partial charge in [0.2, 0.25) is 11.8 Å². The fourth-order valence-electron chi connectivity index (χ4n) is 4.97. The first-order valence-electron chi connectivity index (χ1n) is 10.3. The molecule has 4 atom stereocenters. The van der Waals surface area contributed by atoms with Crippen LogP contribution >= 0.6 is 0 Å². The smallest absolute Gasteiger partial charge is 0.230 e. The van der Waals surface area contributed by atoms with Crippen molar-refractivity contribution in [1.82, 2.24) is 19.8 Å². The first-order valence-corrected chi connectivity index (χ1v) is 10.3. The normalized spacial score (nSPS) is 28.1. The van der Waals surface area contributed by atoms with Crippen LogP contribution in [0.5, 0.6) is 5.75 Å². The molecule has 31 heavy (non-hydrogen) atoms. The van der Waals surface area contributed by atoms with Gasteiger partial charge in [0, 0.05) is 19.8 Å². The summed E-state index contributed by atoms with van der Waals surface area (Å²) in [6, 6.07) is 9.45. The maximum absolute atomic E-state index is 13.4. The maximum atomic E-state index is 13.4. The van der Waals surface area contributed by atoms with Gasteiger partial charge >= 0.3 is 0 Å². The van der Waals surface area contributed by atoms with Crippen molar-refractivity contribution < 1.29 is 19.1 Å². The molecule has 2 aromatic rings. The number of likely N-dealkylation sites (tertiary alicyclic amines) is 1. The first kappa shape index (κ1) is 19.7. The molecule has 0 aliphatic carbocycles. The van der Waals surface area contributed by atoms with E-state index in [1.165, 1.54) is 6.33 Å². The Morgan fingerprint density at radius 2 is 2.26 bits per heavy atom. The number of methoxy groups -OCH3 is 1. The van der Waals surface area contributed by atoms with Crippen LogP contribution < -0.4 is 4.74 Å². The number of aromatic nitrogens is 2. The average Bonchev–Trinajstić information content (AvgIpc) is 3.42. The molecule has 3 aliphatic rings. The molecule has 2 bridgehead atoms. The predicted molar refractivity (Wildman–Crippen MR) is 111 cm³/mol. The number of hydrogen-bond acceptors (Lipinski definition) is 6. The highest BCUT2D eigenvalue weighted by atomic mass is 16.5. The van der Waals surface area contributed by atoms with E-state index in [1.807, 2.05) is 36.4 Å². The van der Waals surface area contributed by atoms with Crippen molar-refractivity contribution in [1.29, 1.82) is 0 Å². The van der Waals surface area contributed by atoms with Crippen LogP contribution in [0.2, 0.25) is 0 Å². The molecule has 3 aliphatic heterocycles. The van der Waals surface area contributed by atoms with E-state index < -0.39 is 17.4 Å². The molecule has 160 valence electrons. The monoisotopic (exact) mass is 420 g/mol. The third-order valence-electron chi connectivity index (χ3n) is 6.39. The third-order valence-corrected chi connectivity index (χ3v) is 6.39. The number of benzene rings is 1. The Hall–Kier alpha value is -3.26. The molecule has 0 unspecified atom stereocenters. The van der Waals surface area contributed by atoms with E-state index in [-0.39, 0.29) is 17.9 Å². The van der Waals surface area contributed by atoms with Gasteiger partial charge in [-0.15, -0.1) is 0 Å². The van der Waals surface area contributed by atoms with Gasteiger partial charge in [-0.25, -0.2) is 9.97 Å². The molecule has 5 rings (SSSR count). The average molecular weight is 420 g/mol.